The zero-order chi connectivity index (χ0) is 9.54. The normalized spacial score (nSPS) is 41.1. The van der Waals surface area contributed by atoms with Crippen LogP contribution in [0.15, 0.2) is 4.99 Å². The second-order valence-electron chi connectivity index (χ2n) is 4.97. The van der Waals surface area contributed by atoms with Gasteiger partial charge in [-0.3, -0.25) is 4.99 Å². The molecule has 0 radical (unpaired) electrons. The first-order chi connectivity index (χ1) is 6.84. The van der Waals surface area contributed by atoms with Gasteiger partial charge in [0.2, 0.25) is 0 Å². The molecule has 14 heavy (non-hydrogen) atoms. The fourth-order valence-corrected chi connectivity index (χ4v) is 3.17. The van der Waals surface area contributed by atoms with E-state index >= 15 is 0 Å². The lowest BCUT2D eigenvalue weighted by Gasteiger charge is -2.41. The lowest BCUT2D eigenvalue weighted by Crippen LogP contribution is -2.49. The van der Waals surface area contributed by atoms with Crippen molar-refractivity contribution < 1.29 is 0 Å². The summed E-state index contributed by atoms with van der Waals surface area (Å²) in [6.07, 6.45) is 5.62. The van der Waals surface area contributed by atoms with Crippen LogP contribution in [-0.2, 0) is 0 Å². The first-order valence-electron chi connectivity index (χ1n) is 5.92. The average molecular weight is 193 g/mol. The van der Waals surface area contributed by atoms with Gasteiger partial charge in [0, 0.05) is 25.2 Å². The van der Waals surface area contributed by atoms with Crippen LogP contribution in [0.25, 0.3) is 0 Å². The van der Waals surface area contributed by atoms with Gasteiger partial charge in [-0.2, -0.15) is 0 Å². The number of rotatable bonds is 0. The number of nitrogens with one attached hydrogen (secondary N) is 1. The van der Waals surface area contributed by atoms with Crippen LogP contribution < -0.4 is 5.32 Å². The summed E-state index contributed by atoms with van der Waals surface area (Å²) >= 11 is 0. The van der Waals surface area contributed by atoms with Crippen molar-refractivity contribution in [3.8, 4) is 0 Å². The van der Waals surface area contributed by atoms with Gasteiger partial charge in [0.1, 0.15) is 0 Å². The second kappa shape index (κ2) is 3.14. The highest BCUT2D eigenvalue weighted by molar-refractivity contribution is 5.83. The van der Waals surface area contributed by atoms with Gasteiger partial charge in [-0.25, -0.2) is 0 Å². The average Bonchev–Trinajstić information content (AvgIpc) is 2.59. The number of guanidine groups is 1. The highest BCUT2D eigenvalue weighted by Crippen LogP contribution is 2.32. The van der Waals surface area contributed by atoms with Gasteiger partial charge in [-0.15, -0.1) is 0 Å². The van der Waals surface area contributed by atoms with Crippen molar-refractivity contribution >= 4 is 5.96 Å². The standard InChI is InChI=1S/C11H19N3/c1-8-7-14-10-5-3-2-4-9(10)6-12-11(14)13-8/h8-10H,2-7H2,1H3,(H,12,13). The van der Waals surface area contributed by atoms with E-state index in [0.29, 0.717) is 6.04 Å². The lowest BCUT2D eigenvalue weighted by atomic mass is 9.83. The van der Waals surface area contributed by atoms with Gasteiger partial charge >= 0.3 is 0 Å². The molecule has 3 aliphatic rings. The minimum Gasteiger partial charge on any atom is -0.352 e. The van der Waals surface area contributed by atoms with Gasteiger partial charge in [0.25, 0.3) is 0 Å². The van der Waals surface area contributed by atoms with Crippen LogP contribution in [0.3, 0.4) is 0 Å². The molecule has 0 bridgehead atoms. The third-order valence-corrected chi connectivity index (χ3v) is 3.86. The smallest absolute Gasteiger partial charge is 0.194 e. The molecule has 1 saturated heterocycles. The third kappa shape index (κ3) is 1.22. The maximum absolute atomic E-state index is 4.66. The lowest BCUT2D eigenvalue weighted by molar-refractivity contribution is 0.168. The van der Waals surface area contributed by atoms with E-state index in [4.69, 9.17) is 0 Å². The number of hydrogen-bond acceptors (Lipinski definition) is 3. The molecule has 0 aromatic carbocycles. The molecule has 3 unspecified atom stereocenters. The summed E-state index contributed by atoms with van der Waals surface area (Å²) in [5, 5.41) is 3.46. The molecule has 0 spiro atoms. The van der Waals surface area contributed by atoms with E-state index in [2.05, 4.69) is 22.1 Å². The quantitative estimate of drug-likeness (QED) is 0.626. The van der Waals surface area contributed by atoms with Gasteiger partial charge in [0.05, 0.1) is 0 Å². The van der Waals surface area contributed by atoms with E-state index in [-0.39, 0.29) is 0 Å². The summed E-state index contributed by atoms with van der Waals surface area (Å²) in [6, 6.07) is 1.39. The predicted octanol–water partition coefficient (Wildman–Crippen LogP) is 1.21. The van der Waals surface area contributed by atoms with E-state index < -0.39 is 0 Å². The summed E-state index contributed by atoms with van der Waals surface area (Å²) in [5.74, 6) is 2.03. The Balaban J connectivity index is 1.84. The van der Waals surface area contributed by atoms with Gasteiger partial charge < -0.3 is 10.2 Å². The van der Waals surface area contributed by atoms with Crippen LogP contribution in [-0.4, -0.2) is 36.0 Å². The van der Waals surface area contributed by atoms with Crippen LogP contribution in [0.1, 0.15) is 32.6 Å². The van der Waals surface area contributed by atoms with Crippen molar-refractivity contribution in [1.29, 1.82) is 0 Å². The van der Waals surface area contributed by atoms with Crippen LogP contribution >= 0.6 is 0 Å². The molecule has 3 nitrogen and oxygen atoms in total. The molecule has 2 fully saturated rings. The summed E-state index contributed by atoms with van der Waals surface area (Å²) < 4.78 is 0. The fourth-order valence-electron chi connectivity index (χ4n) is 3.17. The van der Waals surface area contributed by atoms with Gasteiger partial charge in [-0.05, 0) is 25.7 Å². The van der Waals surface area contributed by atoms with Crippen LogP contribution in [0.5, 0.6) is 0 Å². The Hall–Kier alpha value is -0.730. The topological polar surface area (TPSA) is 27.6 Å². The minimum absolute atomic E-state index is 0.592. The van der Waals surface area contributed by atoms with E-state index in [0.717, 1.165) is 18.5 Å². The third-order valence-electron chi connectivity index (χ3n) is 3.86. The van der Waals surface area contributed by atoms with Crippen molar-refractivity contribution in [1.82, 2.24) is 10.2 Å². The maximum atomic E-state index is 4.66. The Morgan fingerprint density at radius 3 is 3.14 bits per heavy atom. The summed E-state index contributed by atoms with van der Waals surface area (Å²) in [6.45, 7) is 4.48. The molecular formula is C11H19N3. The highest BCUT2D eigenvalue weighted by Gasteiger charge is 2.38. The van der Waals surface area contributed by atoms with Crippen molar-refractivity contribution in [3.05, 3.63) is 0 Å². The Morgan fingerprint density at radius 1 is 1.36 bits per heavy atom. The molecule has 3 atom stereocenters. The summed E-state index contributed by atoms with van der Waals surface area (Å²) in [5.41, 5.74) is 0. The molecule has 2 aliphatic heterocycles. The van der Waals surface area contributed by atoms with Crippen LogP contribution in [0.4, 0.5) is 0 Å². The number of aliphatic imine (C=N–C) groups is 1. The monoisotopic (exact) mass is 193 g/mol. The predicted molar refractivity (Wildman–Crippen MR) is 57.4 cm³/mol. The molecule has 3 rings (SSSR count). The molecule has 0 amide bonds. The Bertz CT molecular complexity index is 261. The first kappa shape index (κ1) is 8.57. The Kier molecular flexibility index (Phi) is 1.92. The molecule has 1 aliphatic carbocycles. The maximum Gasteiger partial charge on any atom is 0.194 e. The Labute approximate surface area is 85.6 Å². The number of fused-ring (bicyclic) bond motifs is 3. The summed E-state index contributed by atoms with van der Waals surface area (Å²) in [4.78, 5) is 7.18. The van der Waals surface area contributed by atoms with Gasteiger partial charge in [0.15, 0.2) is 5.96 Å². The SMILES string of the molecule is CC1CN2C(=NCC3CCCCC32)N1. The van der Waals surface area contributed by atoms with Crippen LogP contribution in [0.2, 0.25) is 0 Å². The fraction of sp³-hybridized carbons (Fsp3) is 0.909. The second-order valence-corrected chi connectivity index (χ2v) is 4.97. The first-order valence-corrected chi connectivity index (χ1v) is 5.92. The largest absolute Gasteiger partial charge is 0.352 e. The van der Waals surface area contributed by atoms with E-state index in [9.17, 15) is 0 Å². The van der Waals surface area contributed by atoms with E-state index in [1.165, 1.54) is 38.2 Å². The molecule has 3 heteroatoms. The summed E-state index contributed by atoms with van der Waals surface area (Å²) in [7, 11) is 0. The molecule has 2 heterocycles. The van der Waals surface area contributed by atoms with Crippen molar-refractivity contribution in [2.75, 3.05) is 13.1 Å². The molecule has 78 valence electrons. The van der Waals surface area contributed by atoms with E-state index in [1.807, 2.05) is 0 Å². The van der Waals surface area contributed by atoms with Gasteiger partial charge in [-0.1, -0.05) is 12.8 Å². The Morgan fingerprint density at radius 2 is 2.21 bits per heavy atom. The zero-order valence-electron chi connectivity index (χ0n) is 8.87. The molecule has 1 saturated carbocycles. The van der Waals surface area contributed by atoms with Crippen molar-refractivity contribution in [3.63, 3.8) is 0 Å². The molecule has 0 aromatic rings. The van der Waals surface area contributed by atoms with Crippen molar-refractivity contribution in [2.45, 2.75) is 44.7 Å². The van der Waals surface area contributed by atoms with Crippen LogP contribution in [0, 0.1) is 5.92 Å². The zero-order valence-corrected chi connectivity index (χ0v) is 8.87. The minimum atomic E-state index is 0.592. The van der Waals surface area contributed by atoms with E-state index in [1.54, 1.807) is 0 Å². The van der Waals surface area contributed by atoms with Crippen molar-refractivity contribution in [2.24, 2.45) is 10.9 Å². The number of hydrogen-bond donors (Lipinski definition) is 1. The number of nitrogens with zero attached hydrogens (tertiary/aromatic N) is 2. The molecule has 1 N–H and O–H groups in total. The molecule has 0 aromatic heterocycles. The molecular weight excluding hydrogens is 174 g/mol. The highest BCUT2D eigenvalue weighted by atomic mass is 15.4.